The Morgan fingerprint density at radius 1 is 1.42 bits per heavy atom. The van der Waals surface area contributed by atoms with Gasteiger partial charge < -0.3 is 4.74 Å². The maximum atomic E-state index is 11.3. The molecule has 2 nitrogen and oxygen atoms in total. The second-order valence-electron chi connectivity index (χ2n) is 4.01. The van der Waals surface area contributed by atoms with Crippen molar-refractivity contribution in [3.05, 3.63) is 0 Å². The van der Waals surface area contributed by atoms with Crippen LogP contribution in [0.15, 0.2) is 0 Å². The molecule has 0 unspecified atom stereocenters. The molecule has 1 saturated carbocycles. The van der Waals surface area contributed by atoms with Crippen LogP contribution in [0, 0.1) is 11.8 Å². The predicted octanol–water partition coefficient (Wildman–Crippen LogP) is 2.38. The fourth-order valence-electron chi connectivity index (χ4n) is 1.53. The van der Waals surface area contributed by atoms with Gasteiger partial charge in [0.1, 0.15) is 0 Å². The van der Waals surface area contributed by atoms with Crippen molar-refractivity contribution in [2.24, 2.45) is 11.8 Å². The van der Waals surface area contributed by atoms with Gasteiger partial charge in [-0.3, -0.25) is 4.79 Å². The first-order chi connectivity index (χ1) is 5.70. The van der Waals surface area contributed by atoms with Crippen molar-refractivity contribution in [1.29, 1.82) is 0 Å². The summed E-state index contributed by atoms with van der Waals surface area (Å²) in [6.45, 7) is 4.69. The molecule has 2 heteroatoms. The fourth-order valence-corrected chi connectivity index (χ4v) is 1.53. The molecule has 0 spiro atoms. The molecule has 0 radical (unpaired) electrons. The number of ether oxygens (including phenoxy) is 1. The summed E-state index contributed by atoms with van der Waals surface area (Å²) in [4.78, 5) is 11.3. The summed E-state index contributed by atoms with van der Waals surface area (Å²) >= 11 is 0. The van der Waals surface area contributed by atoms with Crippen molar-refractivity contribution >= 4 is 5.97 Å². The Balaban J connectivity index is 2.18. The Morgan fingerprint density at radius 2 is 2.00 bits per heavy atom. The molecule has 1 aliphatic rings. The van der Waals surface area contributed by atoms with Gasteiger partial charge in [0.15, 0.2) is 0 Å². The normalized spacial score (nSPS) is 18.6. The van der Waals surface area contributed by atoms with Crippen LogP contribution in [0.4, 0.5) is 0 Å². The topological polar surface area (TPSA) is 26.3 Å². The zero-order chi connectivity index (χ0) is 8.97. The number of esters is 1. The lowest BCUT2D eigenvalue weighted by atomic mass is 10.1. The van der Waals surface area contributed by atoms with Crippen LogP contribution in [0.25, 0.3) is 0 Å². The highest BCUT2D eigenvalue weighted by Crippen LogP contribution is 2.25. The highest BCUT2D eigenvalue weighted by molar-refractivity contribution is 5.72. The predicted molar refractivity (Wildman–Crippen MR) is 47.8 cm³/mol. The lowest BCUT2D eigenvalue weighted by molar-refractivity contribution is -0.149. The number of hydrogen-bond donors (Lipinski definition) is 0. The number of carbonyl (C=O) groups is 1. The molecule has 0 aromatic heterocycles. The number of rotatable bonds is 3. The first kappa shape index (κ1) is 9.56. The van der Waals surface area contributed by atoms with E-state index < -0.39 is 0 Å². The summed E-state index contributed by atoms with van der Waals surface area (Å²) < 4.78 is 5.15. The molecule has 0 N–H and O–H groups in total. The van der Waals surface area contributed by atoms with Crippen molar-refractivity contribution in [3.63, 3.8) is 0 Å². The standard InChI is InChI=1S/C10H18O2/c1-8(2)7-12-10(11)9-5-3-4-6-9/h8-9H,3-7H2,1-2H3. The summed E-state index contributed by atoms with van der Waals surface area (Å²) in [5.41, 5.74) is 0. The van der Waals surface area contributed by atoms with Crippen molar-refractivity contribution in [1.82, 2.24) is 0 Å². The molecular formula is C10H18O2. The van der Waals surface area contributed by atoms with Crippen molar-refractivity contribution < 1.29 is 9.53 Å². The van der Waals surface area contributed by atoms with Crippen LogP contribution in [0.2, 0.25) is 0 Å². The van der Waals surface area contributed by atoms with Crippen molar-refractivity contribution in [2.75, 3.05) is 6.61 Å². The zero-order valence-corrected chi connectivity index (χ0v) is 8.01. The highest BCUT2D eigenvalue weighted by atomic mass is 16.5. The maximum absolute atomic E-state index is 11.3. The minimum Gasteiger partial charge on any atom is -0.465 e. The van der Waals surface area contributed by atoms with E-state index in [9.17, 15) is 4.79 Å². The quantitative estimate of drug-likeness (QED) is 0.608. The van der Waals surface area contributed by atoms with Crippen molar-refractivity contribution in [3.8, 4) is 0 Å². The van der Waals surface area contributed by atoms with Gasteiger partial charge in [-0.15, -0.1) is 0 Å². The summed E-state index contributed by atoms with van der Waals surface area (Å²) in [6.07, 6.45) is 4.47. The summed E-state index contributed by atoms with van der Waals surface area (Å²) in [5.74, 6) is 0.695. The smallest absolute Gasteiger partial charge is 0.308 e. The van der Waals surface area contributed by atoms with Gasteiger partial charge in [0.25, 0.3) is 0 Å². The SMILES string of the molecule is CC(C)COC(=O)C1CCCC1. The number of hydrogen-bond acceptors (Lipinski definition) is 2. The van der Waals surface area contributed by atoms with Crippen LogP contribution in [0.3, 0.4) is 0 Å². The third-order valence-corrected chi connectivity index (χ3v) is 2.25. The monoisotopic (exact) mass is 170 g/mol. The van der Waals surface area contributed by atoms with E-state index in [0.717, 1.165) is 12.8 Å². The Bertz CT molecular complexity index is 146. The lowest BCUT2D eigenvalue weighted by Crippen LogP contribution is -2.17. The fraction of sp³-hybridized carbons (Fsp3) is 0.900. The van der Waals surface area contributed by atoms with E-state index >= 15 is 0 Å². The van der Waals surface area contributed by atoms with Crippen LogP contribution in [-0.2, 0) is 9.53 Å². The maximum Gasteiger partial charge on any atom is 0.308 e. The molecule has 0 heterocycles. The van der Waals surface area contributed by atoms with E-state index in [-0.39, 0.29) is 11.9 Å². The Hall–Kier alpha value is -0.530. The number of carbonyl (C=O) groups excluding carboxylic acids is 1. The molecule has 0 bridgehead atoms. The lowest BCUT2D eigenvalue weighted by Gasteiger charge is -2.10. The Kier molecular flexibility index (Phi) is 3.57. The molecule has 1 fully saturated rings. The minimum absolute atomic E-state index is 0.0289. The minimum atomic E-state index is 0.0289. The van der Waals surface area contributed by atoms with E-state index in [2.05, 4.69) is 13.8 Å². The van der Waals surface area contributed by atoms with Gasteiger partial charge in [-0.1, -0.05) is 26.7 Å². The van der Waals surface area contributed by atoms with Gasteiger partial charge in [-0.2, -0.15) is 0 Å². The van der Waals surface area contributed by atoms with E-state index in [4.69, 9.17) is 4.74 Å². The second-order valence-corrected chi connectivity index (χ2v) is 4.01. The van der Waals surface area contributed by atoms with Crippen LogP contribution < -0.4 is 0 Å². The van der Waals surface area contributed by atoms with E-state index in [1.807, 2.05) is 0 Å². The molecule has 0 aromatic carbocycles. The first-order valence-electron chi connectivity index (χ1n) is 4.87. The zero-order valence-electron chi connectivity index (χ0n) is 8.01. The van der Waals surface area contributed by atoms with Crippen LogP contribution in [0.5, 0.6) is 0 Å². The van der Waals surface area contributed by atoms with Crippen molar-refractivity contribution in [2.45, 2.75) is 39.5 Å². The molecule has 70 valence electrons. The molecule has 12 heavy (non-hydrogen) atoms. The largest absolute Gasteiger partial charge is 0.465 e. The Morgan fingerprint density at radius 3 is 2.50 bits per heavy atom. The summed E-state index contributed by atoms with van der Waals surface area (Å²) in [7, 11) is 0. The van der Waals surface area contributed by atoms with Gasteiger partial charge in [-0.05, 0) is 18.8 Å². The molecule has 0 aliphatic heterocycles. The first-order valence-corrected chi connectivity index (χ1v) is 4.87. The van der Waals surface area contributed by atoms with E-state index in [1.54, 1.807) is 0 Å². The molecule has 1 rings (SSSR count). The van der Waals surface area contributed by atoms with E-state index in [1.165, 1.54) is 12.8 Å². The van der Waals surface area contributed by atoms with Crippen LogP contribution in [-0.4, -0.2) is 12.6 Å². The average Bonchev–Trinajstić information content (AvgIpc) is 2.51. The molecule has 0 aromatic rings. The Labute approximate surface area is 74.3 Å². The van der Waals surface area contributed by atoms with Crippen LogP contribution in [0.1, 0.15) is 39.5 Å². The summed E-state index contributed by atoms with van der Waals surface area (Å²) in [6, 6.07) is 0. The van der Waals surface area contributed by atoms with Gasteiger partial charge in [-0.25, -0.2) is 0 Å². The molecule has 0 saturated heterocycles. The van der Waals surface area contributed by atoms with Gasteiger partial charge in [0.2, 0.25) is 0 Å². The highest BCUT2D eigenvalue weighted by Gasteiger charge is 2.23. The molecule has 0 amide bonds. The van der Waals surface area contributed by atoms with Gasteiger partial charge in [0.05, 0.1) is 12.5 Å². The third kappa shape index (κ3) is 2.84. The van der Waals surface area contributed by atoms with Gasteiger partial charge in [0, 0.05) is 0 Å². The molecule has 0 atom stereocenters. The van der Waals surface area contributed by atoms with E-state index in [0.29, 0.717) is 12.5 Å². The second kappa shape index (κ2) is 4.48. The average molecular weight is 170 g/mol. The molecular weight excluding hydrogens is 152 g/mol. The molecule has 1 aliphatic carbocycles. The van der Waals surface area contributed by atoms with Gasteiger partial charge >= 0.3 is 5.97 Å². The third-order valence-electron chi connectivity index (χ3n) is 2.25. The summed E-state index contributed by atoms with van der Waals surface area (Å²) in [5, 5.41) is 0. The van der Waals surface area contributed by atoms with Crippen LogP contribution >= 0.6 is 0 Å².